The first-order valence-electron chi connectivity index (χ1n) is 5.93. The van der Waals surface area contributed by atoms with Crippen molar-refractivity contribution in [3.05, 3.63) is 22.2 Å². The second-order valence-corrected chi connectivity index (χ2v) is 6.17. The van der Waals surface area contributed by atoms with Crippen LogP contribution in [0.3, 0.4) is 0 Å². The summed E-state index contributed by atoms with van der Waals surface area (Å²) in [5.41, 5.74) is 1.28. The standard InChI is InChI=1S/C14H22BrNO2/c1-14(2,3)13(16-4)9-7-11(17-5)12(18-6)8-10(9)15/h7-8,13,16H,1-6H3. The Morgan fingerprint density at radius 2 is 1.61 bits per heavy atom. The molecule has 0 saturated carbocycles. The maximum absolute atomic E-state index is 5.37. The molecule has 102 valence electrons. The predicted molar refractivity (Wildman–Crippen MR) is 78.5 cm³/mol. The lowest BCUT2D eigenvalue weighted by Gasteiger charge is -2.32. The number of nitrogens with one attached hydrogen (secondary N) is 1. The van der Waals surface area contributed by atoms with E-state index in [2.05, 4.69) is 42.0 Å². The van der Waals surface area contributed by atoms with Crippen LogP contribution in [0.2, 0.25) is 0 Å². The molecular formula is C14H22BrNO2. The van der Waals surface area contributed by atoms with Gasteiger partial charge in [-0.05, 0) is 30.2 Å². The molecule has 0 aliphatic heterocycles. The molecule has 0 bridgehead atoms. The molecule has 1 unspecified atom stereocenters. The number of methoxy groups -OCH3 is 2. The minimum Gasteiger partial charge on any atom is -0.493 e. The number of rotatable bonds is 4. The number of halogens is 1. The minimum atomic E-state index is 0.108. The predicted octanol–water partition coefficient (Wildman–Crippen LogP) is 3.77. The highest BCUT2D eigenvalue weighted by atomic mass is 79.9. The van der Waals surface area contributed by atoms with Crippen LogP contribution >= 0.6 is 15.9 Å². The van der Waals surface area contributed by atoms with Gasteiger partial charge >= 0.3 is 0 Å². The van der Waals surface area contributed by atoms with Crippen molar-refractivity contribution in [1.82, 2.24) is 5.32 Å². The van der Waals surface area contributed by atoms with Crippen LogP contribution in [0.15, 0.2) is 16.6 Å². The molecule has 0 amide bonds. The summed E-state index contributed by atoms with van der Waals surface area (Å²) in [5, 5.41) is 3.36. The molecule has 0 saturated heterocycles. The molecule has 0 aliphatic carbocycles. The van der Waals surface area contributed by atoms with Gasteiger partial charge < -0.3 is 14.8 Å². The van der Waals surface area contributed by atoms with Crippen molar-refractivity contribution in [3.63, 3.8) is 0 Å². The largest absolute Gasteiger partial charge is 0.493 e. The third-order valence-corrected chi connectivity index (χ3v) is 3.66. The Bertz CT molecular complexity index is 413. The van der Waals surface area contributed by atoms with E-state index in [0.717, 1.165) is 16.0 Å². The van der Waals surface area contributed by atoms with Gasteiger partial charge in [0, 0.05) is 10.5 Å². The van der Waals surface area contributed by atoms with Gasteiger partial charge in [0.15, 0.2) is 11.5 Å². The van der Waals surface area contributed by atoms with Crippen LogP contribution in [-0.2, 0) is 0 Å². The van der Waals surface area contributed by atoms with Crippen molar-refractivity contribution in [3.8, 4) is 11.5 Å². The van der Waals surface area contributed by atoms with E-state index in [1.54, 1.807) is 14.2 Å². The maximum atomic E-state index is 5.37. The molecule has 0 fully saturated rings. The van der Waals surface area contributed by atoms with E-state index in [1.165, 1.54) is 5.56 Å². The summed E-state index contributed by atoms with van der Waals surface area (Å²) in [4.78, 5) is 0. The molecule has 1 atom stereocenters. The maximum Gasteiger partial charge on any atom is 0.161 e. The summed E-state index contributed by atoms with van der Waals surface area (Å²) in [6.45, 7) is 6.62. The second kappa shape index (κ2) is 5.93. The Morgan fingerprint density at radius 1 is 1.11 bits per heavy atom. The topological polar surface area (TPSA) is 30.5 Å². The van der Waals surface area contributed by atoms with E-state index in [0.29, 0.717) is 0 Å². The first-order chi connectivity index (χ1) is 8.35. The summed E-state index contributed by atoms with van der Waals surface area (Å²) >= 11 is 3.61. The van der Waals surface area contributed by atoms with E-state index >= 15 is 0 Å². The fraction of sp³-hybridized carbons (Fsp3) is 0.571. The Morgan fingerprint density at radius 3 is 2.00 bits per heavy atom. The molecule has 1 aromatic rings. The quantitative estimate of drug-likeness (QED) is 0.917. The van der Waals surface area contributed by atoms with Gasteiger partial charge in [0.25, 0.3) is 0 Å². The van der Waals surface area contributed by atoms with Gasteiger partial charge in [-0.1, -0.05) is 36.7 Å². The number of hydrogen-bond donors (Lipinski definition) is 1. The lowest BCUT2D eigenvalue weighted by atomic mass is 9.82. The Hall–Kier alpha value is -0.740. The Kier molecular flexibility index (Phi) is 5.05. The zero-order valence-corrected chi connectivity index (χ0v) is 13.5. The van der Waals surface area contributed by atoms with Gasteiger partial charge in [-0.15, -0.1) is 0 Å². The molecule has 0 aliphatic rings. The van der Waals surface area contributed by atoms with Crippen LogP contribution in [0.5, 0.6) is 11.5 Å². The van der Waals surface area contributed by atoms with Gasteiger partial charge in [0.05, 0.1) is 14.2 Å². The van der Waals surface area contributed by atoms with Crippen molar-refractivity contribution in [2.45, 2.75) is 26.8 Å². The van der Waals surface area contributed by atoms with Crippen LogP contribution in [0.4, 0.5) is 0 Å². The second-order valence-electron chi connectivity index (χ2n) is 5.32. The third-order valence-electron chi connectivity index (χ3n) is 2.97. The Labute approximate surface area is 118 Å². The highest BCUT2D eigenvalue weighted by molar-refractivity contribution is 9.10. The SMILES string of the molecule is CNC(c1cc(OC)c(OC)cc1Br)C(C)(C)C. The smallest absolute Gasteiger partial charge is 0.161 e. The van der Waals surface area contributed by atoms with Gasteiger partial charge in [-0.2, -0.15) is 0 Å². The van der Waals surface area contributed by atoms with Crippen LogP contribution in [0.25, 0.3) is 0 Å². The number of hydrogen-bond acceptors (Lipinski definition) is 3. The van der Waals surface area contributed by atoms with Gasteiger partial charge in [-0.3, -0.25) is 0 Å². The molecule has 1 aromatic carbocycles. The van der Waals surface area contributed by atoms with Crippen LogP contribution in [0, 0.1) is 5.41 Å². The fourth-order valence-corrected chi connectivity index (χ4v) is 2.70. The van der Waals surface area contributed by atoms with E-state index in [9.17, 15) is 0 Å². The van der Waals surface area contributed by atoms with Gasteiger partial charge in [-0.25, -0.2) is 0 Å². The van der Waals surface area contributed by atoms with Crippen LogP contribution in [0.1, 0.15) is 32.4 Å². The summed E-state index contributed by atoms with van der Waals surface area (Å²) in [5.74, 6) is 1.48. The van der Waals surface area contributed by atoms with Crippen LogP contribution in [-0.4, -0.2) is 21.3 Å². The van der Waals surface area contributed by atoms with E-state index in [1.807, 2.05) is 19.2 Å². The zero-order valence-electron chi connectivity index (χ0n) is 11.9. The first kappa shape index (κ1) is 15.3. The highest BCUT2D eigenvalue weighted by Gasteiger charge is 2.27. The van der Waals surface area contributed by atoms with E-state index < -0.39 is 0 Å². The Balaban J connectivity index is 3.32. The third kappa shape index (κ3) is 3.18. The van der Waals surface area contributed by atoms with Crippen molar-refractivity contribution >= 4 is 15.9 Å². The summed E-state index contributed by atoms with van der Waals surface area (Å²) < 4.78 is 11.7. The fourth-order valence-electron chi connectivity index (χ4n) is 2.15. The lowest BCUT2D eigenvalue weighted by Crippen LogP contribution is -2.30. The van der Waals surface area contributed by atoms with Crippen LogP contribution < -0.4 is 14.8 Å². The van der Waals surface area contributed by atoms with Crippen molar-refractivity contribution < 1.29 is 9.47 Å². The molecule has 3 nitrogen and oxygen atoms in total. The molecule has 0 heterocycles. The number of ether oxygens (including phenoxy) is 2. The molecule has 1 rings (SSSR count). The molecule has 0 aromatic heterocycles. The van der Waals surface area contributed by atoms with Crippen molar-refractivity contribution in [2.24, 2.45) is 5.41 Å². The highest BCUT2D eigenvalue weighted by Crippen LogP contribution is 2.41. The molecule has 0 radical (unpaired) electrons. The van der Waals surface area contributed by atoms with Gasteiger partial charge in [0.2, 0.25) is 0 Å². The van der Waals surface area contributed by atoms with Crippen molar-refractivity contribution in [1.29, 1.82) is 0 Å². The molecule has 18 heavy (non-hydrogen) atoms. The molecular weight excluding hydrogens is 294 g/mol. The molecule has 4 heteroatoms. The summed E-state index contributed by atoms with van der Waals surface area (Å²) in [7, 11) is 5.27. The van der Waals surface area contributed by atoms with E-state index in [-0.39, 0.29) is 11.5 Å². The lowest BCUT2D eigenvalue weighted by molar-refractivity contribution is 0.284. The van der Waals surface area contributed by atoms with E-state index in [4.69, 9.17) is 9.47 Å². The molecule has 0 spiro atoms. The molecule has 1 N–H and O–H groups in total. The zero-order chi connectivity index (χ0) is 13.9. The summed E-state index contributed by atoms with van der Waals surface area (Å²) in [6, 6.07) is 4.20. The average Bonchev–Trinajstić information content (AvgIpc) is 2.29. The minimum absolute atomic E-state index is 0.108. The van der Waals surface area contributed by atoms with Gasteiger partial charge in [0.1, 0.15) is 0 Å². The monoisotopic (exact) mass is 315 g/mol. The van der Waals surface area contributed by atoms with Crippen molar-refractivity contribution in [2.75, 3.05) is 21.3 Å². The first-order valence-corrected chi connectivity index (χ1v) is 6.73. The number of benzene rings is 1. The average molecular weight is 316 g/mol. The normalized spacial score (nSPS) is 13.3. The summed E-state index contributed by atoms with van der Waals surface area (Å²) in [6.07, 6.45) is 0.